The molecule has 0 aliphatic carbocycles. The highest BCUT2D eigenvalue weighted by atomic mass is 16.6. The summed E-state index contributed by atoms with van der Waals surface area (Å²) in [4.78, 5) is 10.7. The summed E-state index contributed by atoms with van der Waals surface area (Å²) < 4.78 is 10.5. The van der Waals surface area contributed by atoms with Gasteiger partial charge in [0, 0.05) is 11.8 Å². The molecule has 1 amide bonds. The van der Waals surface area contributed by atoms with E-state index in [1.54, 1.807) is 12.1 Å². The van der Waals surface area contributed by atoms with Crippen LogP contribution in [0.3, 0.4) is 0 Å². The van der Waals surface area contributed by atoms with E-state index in [1.807, 2.05) is 26.0 Å². The van der Waals surface area contributed by atoms with E-state index < -0.39 is 11.7 Å². The van der Waals surface area contributed by atoms with E-state index in [0.29, 0.717) is 18.7 Å². The van der Waals surface area contributed by atoms with Gasteiger partial charge < -0.3 is 20.9 Å². The third-order valence-electron chi connectivity index (χ3n) is 2.43. The van der Waals surface area contributed by atoms with Crippen molar-refractivity contribution in [3.8, 4) is 5.75 Å². The van der Waals surface area contributed by atoms with Gasteiger partial charge in [-0.2, -0.15) is 0 Å². The molecule has 0 aliphatic rings. The van der Waals surface area contributed by atoms with Gasteiger partial charge in [-0.1, -0.05) is 6.07 Å². The number of primary amides is 1. The van der Waals surface area contributed by atoms with Crippen molar-refractivity contribution < 1.29 is 14.3 Å². The summed E-state index contributed by atoms with van der Waals surface area (Å²) >= 11 is 0. The smallest absolute Gasteiger partial charge is 0.405 e. The molecule has 1 rings (SSSR count). The minimum absolute atomic E-state index is 0.537. The zero-order valence-corrected chi connectivity index (χ0v) is 10.8. The molecule has 0 radical (unpaired) electrons. The van der Waals surface area contributed by atoms with Crippen molar-refractivity contribution in [3.63, 3.8) is 0 Å². The SMILES string of the molecule is CC(C)(CCCOc1cccc(N)c1)OC(N)=O. The van der Waals surface area contributed by atoms with Crippen LogP contribution in [0.1, 0.15) is 26.7 Å². The van der Waals surface area contributed by atoms with E-state index in [2.05, 4.69) is 0 Å². The van der Waals surface area contributed by atoms with E-state index in [1.165, 1.54) is 0 Å². The average molecular weight is 252 g/mol. The number of carbonyl (C=O) groups is 1. The lowest BCUT2D eigenvalue weighted by atomic mass is 10.0. The Bertz CT molecular complexity index is 405. The zero-order chi connectivity index (χ0) is 13.6. The topological polar surface area (TPSA) is 87.6 Å². The van der Waals surface area contributed by atoms with Crippen molar-refractivity contribution in [1.82, 2.24) is 0 Å². The first-order chi connectivity index (χ1) is 8.39. The van der Waals surface area contributed by atoms with Crippen LogP contribution >= 0.6 is 0 Å². The molecular formula is C13H20N2O3. The van der Waals surface area contributed by atoms with Crippen molar-refractivity contribution in [2.24, 2.45) is 5.73 Å². The number of carbonyl (C=O) groups excluding carboxylic acids is 1. The lowest BCUT2D eigenvalue weighted by Crippen LogP contribution is -2.31. The van der Waals surface area contributed by atoms with E-state index in [4.69, 9.17) is 20.9 Å². The van der Waals surface area contributed by atoms with E-state index in [0.717, 1.165) is 12.2 Å². The Morgan fingerprint density at radius 2 is 2.11 bits per heavy atom. The van der Waals surface area contributed by atoms with Crippen LogP contribution in [-0.4, -0.2) is 18.3 Å². The third kappa shape index (κ3) is 5.43. The van der Waals surface area contributed by atoms with Crippen molar-refractivity contribution in [1.29, 1.82) is 0 Å². The highest BCUT2D eigenvalue weighted by Gasteiger charge is 2.20. The Labute approximate surface area is 107 Å². The third-order valence-corrected chi connectivity index (χ3v) is 2.43. The molecule has 5 nitrogen and oxygen atoms in total. The second-order valence-corrected chi connectivity index (χ2v) is 4.71. The summed E-state index contributed by atoms with van der Waals surface area (Å²) in [6, 6.07) is 7.26. The summed E-state index contributed by atoms with van der Waals surface area (Å²) in [5.41, 5.74) is 10.7. The van der Waals surface area contributed by atoms with Gasteiger partial charge in [0.1, 0.15) is 11.4 Å². The predicted octanol–water partition coefficient (Wildman–Crippen LogP) is 2.30. The number of nitrogen functional groups attached to an aromatic ring is 1. The summed E-state index contributed by atoms with van der Waals surface area (Å²) in [6.45, 7) is 4.17. The molecular weight excluding hydrogens is 232 g/mol. The Morgan fingerprint density at radius 1 is 1.39 bits per heavy atom. The van der Waals surface area contributed by atoms with Crippen LogP contribution in [0, 0.1) is 0 Å². The van der Waals surface area contributed by atoms with Crippen molar-refractivity contribution in [3.05, 3.63) is 24.3 Å². The van der Waals surface area contributed by atoms with Gasteiger partial charge in [0.2, 0.25) is 0 Å². The molecule has 0 bridgehead atoms. The monoisotopic (exact) mass is 252 g/mol. The highest BCUT2D eigenvalue weighted by molar-refractivity contribution is 5.65. The molecule has 0 atom stereocenters. The predicted molar refractivity (Wildman–Crippen MR) is 70.3 cm³/mol. The maximum absolute atomic E-state index is 10.7. The molecule has 0 aromatic heterocycles. The van der Waals surface area contributed by atoms with Gasteiger partial charge >= 0.3 is 6.09 Å². The van der Waals surface area contributed by atoms with E-state index in [-0.39, 0.29) is 0 Å². The maximum Gasteiger partial charge on any atom is 0.405 e. The molecule has 4 N–H and O–H groups in total. The second-order valence-electron chi connectivity index (χ2n) is 4.71. The Morgan fingerprint density at radius 3 is 2.72 bits per heavy atom. The van der Waals surface area contributed by atoms with Crippen LogP contribution in [0.4, 0.5) is 10.5 Å². The molecule has 100 valence electrons. The van der Waals surface area contributed by atoms with Crippen LogP contribution in [0.15, 0.2) is 24.3 Å². The van der Waals surface area contributed by atoms with Gasteiger partial charge in [-0.15, -0.1) is 0 Å². The van der Waals surface area contributed by atoms with Gasteiger partial charge in [0.15, 0.2) is 0 Å². The first kappa shape index (κ1) is 14.2. The standard InChI is InChI=1S/C13H20N2O3/c1-13(2,18-12(15)16)7-4-8-17-11-6-3-5-10(14)9-11/h3,5-6,9H,4,7-8,14H2,1-2H3,(H2,15,16). The molecule has 5 heteroatoms. The number of hydrogen-bond acceptors (Lipinski definition) is 4. The molecule has 0 spiro atoms. The van der Waals surface area contributed by atoms with Crippen molar-refractivity contribution in [2.45, 2.75) is 32.3 Å². The van der Waals surface area contributed by atoms with Crippen molar-refractivity contribution in [2.75, 3.05) is 12.3 Å². The minimum Gasteiger partial charge on any atom is -0.494 e. The van der Waals surface area contributed by atoms with Crippen LogP contribution in [-0.2, 0) is 4.74 Å². The number of ether oxygens (including phenoxy) is 2. The van der Waals surface area contributed by atoms with E-state index >= 15 is 0 Å². The number of anilines is 1. The number of amides is 1. The number of hydrogen-bond donors (Lipinski definition) is 2. The molecule has 0 fully saturated rings. The van der Waals surface area contributed by atoms with Gasteiger partial charge in [-0.25, -0.2) is 4.79 Å². The van der Waals surface area contributed by atoms with E-state index in [9.17, 15) is 4.79 Å². The fourth-order valence-corrected chi connectivity index (χ4v) is 1.62. The minimum atomic E-state index is -0.753. The average Bonchev–Trinajstić information content (AvgIpc) is 2.23. The molecule has 1 aromatic carbocycles. The molecule has 0 saturated heterocycles. The fraction of sp³-hybridized carbons (Fsp3) is 0.462. The first-order valence-corrected chi connectivity index (χ1v) is 5.86. The van der Waals surface area contributed by atoms with Crippen LogP contribution in [0.5, 0.6) is 5.75 Å². The van der Waals surface area contributed by atoms with Crippen molar-refractivity contribution >= 4 is 11.8 Å². The number of benzene rings is 1. The number of nitrogens with two attached hydrogens (primary N) is 2. The van der Waals surface area contributed by atoms with Gasteiger partial charge in [0.05, 0.1) is 6.61 Å². The second kappa shape index (κ2) is 6.14. The molecule has 0 saturated carbocycles. The number of rotatable bonds is 6. The van der Waals surface area contributed by atoms with Gasteiger partial charge in [-0.05, 0) is 38.8 Å². The first-order valence-electron chi connectivity index (χ1n) is 5.86. The molecule has 0 unspecified atom stereocenters. The zero-order valence-electron chi connectivity index (χ0n) is 10.8. The largest absolute Gasteiger partial charge is 0.494 e. The summed E-state index contributed by atoms with van der Waals surface area (Å²) in [7, 11) is 0. The van der Waals surface area contributed by atoms with Crippen LogP contribution in [0.25, 0.3) is 0 Å². The Balaban J connectivity index is 2.28. The summed E-state index contributed by atoms with van der Waals surface area (Å²) in [5.74, 6) is 0.739. The lowest BCUT2D eigenvalue weighted by Gasteiger charge is -2.23. The van der Waals surface area contributed by atoms with Gasteiger partial charge in [-0.3, -0.25) is 0 Å². The molecule has 0 heterocycles. The highest BCUT2D eigenvalue weighted by Crippen LogP contribution is 2.18. The molecule has 1 aromatic rings. The quantitative estimate of drug-likeness (QED) is 0.600. The molecule has 0 aliphatic heterocycles. The summed E-state index contributed by atoms with van der Waals surface area (Å²) in [6.07, 6.45) is 0.685. The lowest BCUT2D eigenvalue weighted by molar-refractivity contribution is 0.0349. The van der Waals surface area contributed by atoms with Crippen LogP contribution in [0.2, 0.25) is 0 Å². The normalized spacial score (nSPS) is 11.0. The Kier molecular flexibility index (Phi) is 4.83. The van der Waals surface area contributed by atoms with Crippen LogP contribution < -0.4 is 16.2 Å². The van der Waals surface area contributed by atoms with Gasteiger partial charge in [0.25, 0.3) is 0 Å². The Hall–Kier alpha value is -1.91. The summed E-state index contributed by atoms with van der Waals surface area (Å²) in [5, 5.41) is 0. The maximum atomic E-state index is 10.7. The fourth-order valence-electron chi connectivity index (χ4n) is 1.62. The molecule has 18 heavy (non-hydrogen) atoms.